The van der Waals surface area contributed by atoms with Crippen molar-refractivity contribution in [3.8, 4) is 0 Å². The van der Waals surface area contributed by atoms with E-state index < -0.39 is 0 Å². The first-order valence-electron chi connectivity index (χ1n) is 5.63. The average Bonchev–Trinajstić information content (AvgIpc) is 2.32. The maximum atomic E-state index is 11.8. The summed E-state index contributed by atoms with van der Waals surface area (Å²) < 4.78 is 0. The number of carbonyl (C=O) groups is 1. The van der Waals surface area contributed by atoms with E-state index in [4.69, 9.17) is 5.73 Å². The van der Waals surface area contributed by atoms with Crippen LogP contribution >= 0.6 is 0 Å². The Kier molecular flexibility index (Phi) is 3.06. The molecule has 5 nitrogen and oxygen atoms in total. The smallest absolute Gasteiger partial charge is 0.321 e. The van der Waals surface area contributed by atoms with Gasteiger partial charge in [0.25, 0.3) is 0 Å². The van der Waals surface area contributed by atoms with Crippen LogP contribution in [0.4, 0.5) is 16.2 Å². The first-order valence-corrected chi connectivity index (χ1v) is 5.63. The maximum absolute atomic E-state index is 11.8. The SMILES string of the molecule is Cc1cnc2c(N)cccc2c1NC(=O)N(C)C. The minimum absolute atomic E-state index is 0.173. The van der Waals surface area contributed by atoms with Crippen molar-refractivity contribution >= 4 is 28.3 Å². The maximum Gasteiger partial charge on any atom is 0.321 e. The Balaban J connectivity index is 2.58. The normalized spacial score (nSPS) is 10.4. The van der Waals surface area contributed by atoms with E-state index >= 15 is 0 Å². The van der Waals surface area contributed by atoms with E-state index in [2.05, 4.69) is 10.3 Å². The van der Waals surface area contributed by atoms with Crippen LogP contribution < -0.4 is 11.1 Å². The van der Waals surface area contributed by atoms with Gasteiger partial charge in [0.1, 0.15) is 0 Å². The summed E-state index contributed by atoms with van der Waals surface area (Å²) in [5.41, 5.74) is 8.85. The molecule has 2 rings (SSSR count). The largest absolute Gasteiger partial charge is 0.397 e. The number of anilines is 2. The Morgan fingerprint density at radius 3 is 2.78 bits per heavy atom. The summed E-state index contributed by atoms with van der Waals surface area (Å²) in [7, 11) is 3.39. The number of hydrogen-bond donors (Lipinski definition) is 2. The zero-order chi connectivity index (χ0) is 13.3. The number of hydrogen-bond acceptors (Lipinski definition) is 3. The molecule has 0 atom stereocenters. The molecule has 94 valence electrons. The monoisotopic (exact) mass is 244 g/mol. The van der Waals surface area contributed by atoms with Crippen LogP contribution in [0.25, 0.3) is 10.9 Å². The minimum Gasteiger partial charge on any atom is -0.397 e. The zero-order valence-electron chi connectivity index (χ0n) is 10.7. The summed E-state index contributed by atoms with van der Waals surface area (Å²) in [6, 6.07) is 5.37. The highest BCUT2D eigenvalue weighted by atomic mass is 16.2. The van der Waals surface area contributed by atoms with Gasteiger partial charge in [-0.3, -0.25) is 4.98 Å². The van der Waals surface area contributed by atoms with Crippen molar-refractivity contribution < 1.29 is 4.79 Å². The van der Waals surface area contributed by atoms with Gasteiger partial charge in [0.15, 0.2) is 0 Å². The van der Waals surface area contributed by atoms with Crippen molar-refractivity contribution in [3.63, 3.8) is 0 Å². The number of para-hydroxylation sites is 1. The van der Waals surface area contributed by atoms with Gasteiger partial charge in [0.2, 0.25) is 0 Å². The third-order valence-corrected chi connectivity index (χ3v) is 2.76. The van der Waals surface area contributed by atoms with Gasteiger partial charge in [-0.15, -0.1) is 0 Å². The third-order valence-electron chi connectivity index (χ3n) is 2.76. The van der Waals surface area contributed by atoms with Crippen LogP contribution in [0.15, 0.2) is 24.4 Å². The van der Waals surface area contributed by atoms with E-state index in [9.17, 15) is 4.79 Å². The minimum atomic E-state index is -0.173. The highest BCUT2D eigenvalue weighted by Gasteiger charge is 2.11. The lowest BCUT2D eigenvalue weighted by molar-refractivity contribution is 0.230. The molecule has 3 N–H and O–H groups in total. The molecule has 0 aliphatic carbocycles. The number of pyridine rings is 1. The van der Waals surface area contributed by atoms with E-state index in [0.717, 1.165) is 16.6 Å². The second kappa shape index (κ2) is 4.52. The molecule has 0 aliphatic heterocycles. The van der Waals surface area contributed by atoms with Crippen LogP contribution in [0.2, 0.25) is 0 Å². The fourth-order valence-electron chi connectivity index (χ4n) is 1.73. The van der Waals surface area contributed by atoms with Crippen LogP contribution in [0.3, 0.4) is 0 Å². The highest BCUT2D eigenvalue weighted by molar-refractivity contribution is 6.04. The van der Waals surface area contributed by atoms with Gasteiger partial charge in [-0.05, 0) is 18.6 Å². The van der Waals surface area contributed by atoms with Crippen molar-refractivity contribution in [2.45, 2.75) is 6.92 Å². The predicted octanol–water partition coefficient (Wildman–Crippen LogP) is 2.22. The summed E-state index contributed by atoms with van der Waals surface area (Å²) in [6.45, 7) is 1.90. The molecule has 5 heteroatoms. The van der Waals surface area contributed by atoms with Gasteiger partial charge in [0.05, 0.1) is 16.9 Å². The zero-order valence-corrected chi connectivity index (χ0v) is 10.7. The standard InChI is InChI=1S/C13H16N4O/c1-8-7-15-12-9(5-4-6-10(12)14)11(8)16-13(18)17(2)3/h4-7H,14H2,1-3H3,(H,15,16,18). The summed E-state index contributed by atoms with van der Waals surface area (Å²) in [5.74, 6) is 0. The van der Waals surface area contributed by atoms with Crippen LogP contribution in [0, 0.1) is 6.92 Å². The van der Waals surface area contributed by atoms with Crippen molar-refractivity contribution in [1.29, 1.82) is 0 Å². The molecule has 18 heavy (non-hydrogen) atoms. The van der Waals surface area contributed by atoms with E-state index in [1.807, 2.05) is 19.1 Å². The molecule has 0 saturated heterocycles. The molecule has 0 radical (unpaired) electrons. The number of rotatable bonds is 1. The number of nitrogen functional groups attached to an aromatic ring is 1. The van der Waals surface area contributed by atoms with Crippen LogP contribution in [-0.4, -0.2) is 30.0 Å². The average molecular weight is 244 g/mol. The molecular weight excluding hydrogens is 228 g/mol. The second-order valence-corrected chi connectivity index (χ2v) is 4.38. The van der Waals surface area contributed by atoms with E-state index in [1.54, 1.807) is 26.4 Å². The van der Waals surface area contributed by atoms with Gasteiger partial charge < -0.3 is 16.0 Å². The molecule has 2 aromatic rings. The molecular formula is C13H16N4O. The fourth-order valence-corrected chi connectivity index (χ4v) is 1.73. The van der Waals surface area contributed by atoms with E-state index in [1.165, 1.54) is 4.90 Å². The van der Waals surface area contributed by atoms with Gasteiger partial charge in [-0.2, -0.15) is 0 Å². The van der Waals surface area contributed by atoms with E-state index in [0.29, 0.717) is 11.2 Å². The number of urea groups is 1. The molecule has 0 unspecified atom stereocenters. The molecule has 2 amide bonds. The molecule has 0 fully saturated rings. The Hall–Kier alpha value is -2.30. The number of amides is 2. The number of carbonyl (C=O) groups excluding carboxylic acids is 1. The summed E-state index contributed by atoms with van der Waals surface area (Å²) in [4.78, 5) is 17.5. The lowest BCUT2D eigenvalue weighted by Gasteiger charge is -2.15. The Morgan fingerprint density at radius 1 is 1.39 bits per heavy atom. The number of aromatic nitrogens is 1. The number of benzene rings is 1. The summed E-state index contributed by atoms with van der Waals surface area (Å²) in [6.07, 6.45) is 1.71. The van der Waals surface area contributed by atoms with Crippen LogP contribution in [-0.2, 0) is 0 Å². The molecule has 0 bridgehead atoms. The van der Waals surface area contributed by atoms with Gasteiger partial charge in [-0.25, -0.2) is 4.79 Å². The molecule has 1 aromatic carbocycles. The number of nitrogens with one attached hydrogen (secondary N) is 1. The number of fused-ring (bicyclic) bond motifs is 1. The van der Waals surface area contributed by atoms with Crippen molar-refractivity contribution in [1.82, 2.24) is 9.88 Å². The topological polar surface area (TPSA) is 71.2 Å². The van der Waals surface area contributed by atoms with Crippen molar-refractivity contribution in [2.24, 2.45) is 0 Å². The first kappa shape index (κ1) is 12.2. The second-order valence-electron chi connectivity index (χ2n) is 4.38. The van der Waals surface area contributed by atoms with Crippen LogP contribution in [0.1, 0.15) is 5.56 Å². The third kappa shape index (κ3) is 2.07. The highest BCUT2D eigenvalue weighted by Crippen LogP contribution is 2.28. The number of nitrogens with two attached hydrogens (primary N) is 1. The first-order chi connectivity index (χ1) is 8.50. The summed E-state index contributed by atoms with van der Waals surface area (Å²) in [5, 5.41) is 3.72. The van der Waals surface area contributed by atoms with Crippen molar-refractivity contribution in [3.05, 3.63) is 30.0 Å². The van der Waals surface area contributed by atoms with Crippen molar-refractivity contribution in [2.75, 3.05) is 25.1 Å². The Morgan fingerprint density at radius 2 is 2.11 bits per heavy atom. The molecule has 0 spiro atoms. The fraction of sp³-hybridized carbons (Fsp3) is 0.231. The number of nitrogens with zero attached hydrogens (tertiary/aromatic N) is 2. The molecule has 0 aliphatic rings. The van der Waals surface area contributed by atoms with Gasteiger partial charge in [0, 0.05) is 25.7 Å². The van der Waals surface area contributed by atoms with Crippen LogP contribution in [0.5, 0.6) is 0 Å². The summed E-state index contributed by atoms with van der Waals surface area (Å²) >= 11 is 0. The molecule has 0 saturated carbocycles. The predicted molar refractivity (Wildman–Crippen MR) is 73.6 cm³/mol. The lowest BCUT2D eigenvalue weighted by atomic mass is 10.1. The Bertz CT molecular complexity index is 607. The lowest BCUT2D eigenvalue weighted by Crippen LogP contribution is -2.27. The van der Waals surface area contributed by atoms with Gasteiger partial charge in [-0.1, -0.05) is 12.1 Å². The quantitative estimate of drug-likeness (QED) is 0.755. The number of aryl methyl sites for hydroxylation is 1. The Labute approximate surface area is 106 Å². The molecule has 1 heterocycles. The van der Waals surface area contributed by atoms with Gasteiger partial charge >= 0.3 is 6.03 Å². The molecule has 1 aromatic heterocycles. The van der Waals surface area contributed by atoms with E-state index in [-0.39, 0.29) is 6.03 Å².